The van der Waals surface area contributed by atoms with Gasteiger partial charge in [0.15, 0.2) is 5.78 Å². The van der Waals surface area contributed by atoms with E-state index in [0.29, 0.717) is 0 Å². The van der Waals surface area contributed by atoms with E-state index in [1.165, 1.54) is 55.7 Å². The summed E-state index contributed by atoms with van der Waals surface area (Å²) in [6, 6.07) is 93.5. The molecule has 0 spiro atoms. The van der Waals surface area contributed by atoms with Gasteiger partial charge in [-0.2, -0.15) is 0 Å². The highest BCUT2D eigenvalue weighted by atomic mass is 16.1. The van der Waals surface area contributed by atoms with Crippen LogP contribution in [0, 0.1) is 0 Å². The van der Waals surface area contributed by atoms with Gasteiger partial charge < -0.3 is 0 Å². The zero-order valence-corrected chi connectivity index (χ0v) is 37.3. The Hall–Kier alpha value is -8.39. The zero-order valence-electron chi connectivity index (χ0n) is 37.3. The van der Waals surface area contributed by atoms with E-state index in [1.807, 2.05) is 78.9 Å². The Morgan fingerprint density at radius 3 is 0.970 bits per heavy atom. The summed E-state index contributed by atoms with van der Waals surface area (Å²) in [5.74, 6) is 0.0214. The van der Waals surface area contributed by atoms with Crippen LogP contribution in [0.3, 0.4) is 0 Å². The van der Waals surface area contributed by atoms with Gasteiger partial charge in [-0.25, -0.2) is 0 Å². The lowest BCUT2D eigenvalue weighted by molar-refractivity contribution is -0.114. The third kappa shape index (κ3) is 8.64. The third-order valence-corrected chi connectivity index (χ3v) is 13.1. The van der Waals surface area contributed by atoms with Crippen molar-refractivity contribution in [1.29, 1.82) is 0 Å². The van der Waals surface area contributed by atoms with E-state index in [4.69, 9.17) is 0 Å². The fraction of sp³-hybridized carbons (Fsp3) is 0.0455. The summed E-state index contributed by atoms with van der Waals surface area (Å²) < 4.78 is 0. The van der Waals surface area contributed by atoms with Gasteiger partial charge in [0.2, 0.25) is 0 Å². The van der Waals surface area contributed by atoms with Gasteiger partial charge in [0.05, 0.1) is 5.92 Å². The highest BCUT2D eigenvalue weighted by molar-refractivity contribution is 6.35. The smallest absolute Gasteiger partial charge is 0.172 e. The number of rotatable bonds is 10. The third-order valence-electron chi connectivity index (χ3n) is 13.1. The van der Waals surface area contributed by atoms with Crippen molar-refractivity contribution < 1.29 is 4.79 Å². The molecule has 0 N–H and O–H groups in total. The molecule has 1 nitrogen and oxygen atoms in total. The highest BCUT2D eigenvalue weighted by Gasteiger charge is 2.44. The normalized spacial score (nSPS) is 16.7. The molecule has 3 unspecified atom stereocenters. The van der Waals surface area contributed by atoms with Gasteiger partial charge in [-0.15, -0.1) is 0 Å². The number of hydrogen-bond donors (Lipinski definition) is 0. The van der Waals surface area contributed by atoms with E-state index >= 15 is 0 Å². The number of Topliss-reactive ketones (excluding diaryl/α,β-unsaturated/α-hetero) is 1. The van der Waals surface area contributed by atoms with Crippen molar-refractivity contribution in [3.05, 3.63) is 329 Å². The topological polar surface area (TPSA) is 17.1 Å². The van der Waals surface area contributed by atoms with Crippen LogP contribution in [0.1, 0.15) is 73.4 Å². The molecule has 0 amide bonds. The minimum Gasteiger partial charge on any atom is -0.293 e. The first-order valence-electron chi connectivity index (χ1n) is 23.1. The fourth-order valence-electron chi connectivity index (χ4n) is 10.2. The predicted octanol–water partition coefficient (Wildman–Crippen LogP) is 16.4. The second kappa shape index (κ2) is 19.8. The highest BCUT2D eigenvalue weighted by Crippen LogP contribution is 2.59. The molecule has 320 valence electrons. The molecule has 9 aromatic carbocycles. The Bertz CT molecular complexity index is 3190. The Balaban J connectivity index is 0.000000160. The molecule has 0 fully saturated rings. The van der Waals surface area contributed by atoms with Crippen molar-refractivity contribution in [1.82, 2.24) is 0 Å². The first-order chi connectivity index (χ1) is 33.2. The van der Waals surface area contributed by atoms with Crippen molar-refractivity contribution >= 4 is 45.3 Å². The molecule has 0 aliphatic heterocycles. The summed E-state index contributed by atoms with van der Waals surface area (Å²) in [4.78, 5) is 14.0. The van der Waals surface area contributed by atoms with E-state index in [-0.39, 0.29) is 23.5 Å². The maximum atomic E-state index is 14.0. The average Bonchev–Trinajstić information content (AvgIpc) is 3.94. The molecular weight excluding hydrogens is 809 g/mol. The molecule has 1 heteroatoms. The lowest BCUT2D eigenvalue weighted by atomic mass is 9.78. The summed E-state index contributed by atoms with van der Waals surface area (Å²) in [7, 11) is 0. The zero-order chi connectivity index (χ0) is 45.4. The quantitative estimate of drug-likeness (QED) is 0.134. The Labute approximate surface area is 395 Å². The van der Waals surface area contributed by atoms with Gasteiger partial charge >= 0.3 is 0 Å². The van der Waals surface area contributed by atoms with E-state index < -0.39 is 0 Å². The summed E-state index contributed by atoms with van der Waals surface area (Å²) in [6.45, 7) is 3.97. The molecule has 0 bridgehead atoms. The van der Waals surface area contributed by atoms with Gasteiger partial charge in [0.1, 0.15) is 0 Å². The van der Waals surface area contributed by atoms with Crippen LogP contribution in [-0.4, -0.2) is 5.78 Å². The molecule has 0 aromatic heterocycles. The number of carbonyl (C=O) groups is 1. The Morgan fingerprint density at radius 1 is 0.284 bits per heavy atom. The van der Waals surface area contributed by atoms with Crippen LogP contribution in [0.25, 0.3) is 39.5 Å². The minimum atomic E-state index is -0.237. The van der Waals surface area contributed by atoms with Gasteiger partial charge in [-0.3, -0.25) is 4.79 Å². The predicted molar refractivity (Wildman–Crippen MR) is 282 cm³/mol. The van der Waals surface area contributed by atoms with E-state index in [1.54, 1.807) is 0 Å². The van der Waals surface area contributed by atoms with Gasteiger partial charge in [-0.05, 0) is 83.5 Å². The first kappa shape index (κ1) is 42.6. The molecule has 11 rings (SSSR count). The SMILES string of the molecule is C=Cc1ccc(C2=C(c3ccccc3)C(c3ccccc3)C(c3ccccc3)=C2c2ccccc2)cc1.O=C1C(c2ccccc2)=C(c2ccccc2)C(c2ccccc2)C1c1ccccc1. The lowest BCUT2D eigenvalue weighted by Gasteiger charge is -2.23. The molecule has 67 heavy (non-hydrogen) atoms. The van der Waals surface area contributed by atoms with Crippen molar-refractivity contribution in [2.75, 3.05) is 0 Å². The number of hydrogen-bond acceptors (Lipinski definition) is 1. The summed E-state index contributed by atoms with van der Waals surface area (Å²) in [5, 5.41) is 0. The van der Waals surface area contributed by atoms with Crippen LogP contribution in [0.2, 0.25) is 0 Å². The van der Waals surface area contributed by atoms with Crippen molar-refractivity contribution in [2.24, 2.45) is 0 Å². The maximum Gasteiger partial charge on any atom is 0.172 e. The van der Waals surface area contributed by atoms with Crippen LogP contribution >= 0.6 is 0 Å². The number of allylic oxidation sites excluding steroid dienone is 6. The van der Waals surface area contributed by atoms with E-state index in [9.17, 15) is 4.79 Å². The van der Waals surface area contributed by atoms with E-state index in [0.717, 1.165) is 33.4 Å². The van der Waals surface area contributed by atoms with Crippen LogP contribution in [0.15, 0.2) is 273 Å². The molecule has 0 radical (unpaired) electrons. The average molecular weight is 859 g/mol. The van der Waals surface area contributed by atoms with Gasteiger partial charge in [0, 0.05) is 17.4 Å². The largest absolute Gasteiger partial charge is 0.293 e. The second-order valence-corrected chi connectivity index (χ2v) is 17.0. The molecule has 3 atom stereocenters. The van der Waals surface area contributed by atoms with Crippen molar-refractivity contribution in [2.45, 2.75) is 17.8 Å². The summed E-state index contributed by atoms with van der Waals surface area (Å²) >= 11 is 0. The summed E-state index contributed by atoms with van der Waals surface area (Å²) in [6.07, 6.45) is 1.90. The van der Waals surface area contributed by atoms with Crippen LogP contribution < -0.4 is 0 Å². The molecule has 0 heterocycles. The lowest BCUT2D eigenvalue weighted by Crippen LogP contribution is -2.14. The first-order valence-corrected chi connectivity index (χ1v) is 23.1. The second-order valence-electron chi connectivity index (χ2n) is 17.0. The molecule has 9 aromatic rings. The number of benzene rings is 9. The van der Waals surface area contributed by atoms with E-state index in [2.05, 4.69) is 201 Å². The van der Waals surface area contributed by atoms with Crippen LogP contribution in [-0.2, 0) is 4.79 Å². The molecule has 2 aliphatic carbocycles. The van der Waals surface area contributed by atoms with Crippen LogP contribution in [0.5, 0.6) is 0 Å². The maximum absolute atomic E-state index is 14.0. The molecule has 0 saturated heterocycles. The molecule has 0 saturated carbocycles. The summed E-state index contributed by atoms with van der Waals surface area (Å²) in [5.41, 5.74) is 18.9. The van der Waals surface area contributed by atoms with Crippen molar-refractivity contribution in [3.8, 4) is 0 Å². The monoisotopic (exact) mass is 858 g/mol. The Kier molecular flexibility index (Phi) is 12.6. The van der Waals surface area contributed by atoms with Gasteiger partial charge in [0.25, 0.3) is 0 Å². The van der Waals surface area contributed by atoms with Crippen molar-refractivity contribution in [3.63, 3.8) is 0 Å². The van der Waals surface area contributed by atoms with Gasteiger partial charge in [-0.1, -0.05) is 280 Å². The fourth-order valence-corrected chi connectivity index (χ4v) is 10.2. The van der Waals surface area contributed by atoms with Crippen LogP contribution in [0.4, 0.5) is 0 Å². The molecular formula is C66H50O. The molecule has 2 aliphatic rings. The number of ketones is 1. The minimum absolute atomic E-state index is 0.0290. The standard InChI is InChI=1S/C37H28.C29H22O/c1-2-27-23-25-32(26-24-27)37-35(30-19-11-5-12-20-30)33(28-15-7-3-8-16-28)34(29-17-9-4-10-18-29)36(37)31-21-13-6-14-22-31;30-29-27(23-17-9-3-10-18-23)25(21-13-5-1-6-14-21)26(22-15-7-2-8-16-22)28(29)24-19-11-4-12-20-24/h2-26,33H,1H2;1-20,25,27H. The Morgan fingerprint density at radius 2 is 0.582 bits per heavy atom. The number of carbonyl (C=O) groups excluding carboxylic acids is 1.